The van der Waals surface area contributed by atoms with Gasteiger partial charge in [-0.05, 0) is 37.1 Å². The molecule has 0 unspecified atom stereocenters. The van der Waals surface area contributed by atoms with Gasteiger partial charge in [0.15, 0.2) is 0 Å². The Morgan fingerprint density at radius 2 is 2.20 bits per heavy atom. The summed E-state index contributed by atoms with van der Waals surface area (Å²) >= 11 is 1.28. The first kappa shape index (κ1) is 14.7. The lowest BCUT2D eigenvalue weighted by molar-refractivity contribution is -0.301. The molecule has 0 aliphatic rings. The van der Waals surface area contributed by atoms with E-state index in [1.807, 2.05) is 32.0 Å². The van der Waals surface area contributed by atoms with Crippen LogP contribution in [0.2, 0.25) is 0 Å². The molecule has 0 aliphatic carbocycles. The molecule has 0 amide bonds. The third-order valence-corrected chi connectivity index (χ3v) is 4.27. The average Bonchev–Trinajstić information content (AvgIpc) is 2.43. The highest BCUT2D eigenvalue weighted by atomic mass is 32.2. The highest BCUT2D eigenvalue weighted by molar-refractivity contribution is 8.00. The summed E-state index contributed by atoms with van der Waals surface area (Å²) in [5, 5.41) is 11.7. The first-order chi connectivity index (χ1) is 9.56. The van der Waals surface area contributed by atoms with Crippen LogP contribution < -0.4 is 9.84 Å². The molecule has 0 spiro atoms. The standard InChI is InChI=1S/C15H17NO3S/c1-4-11-9(2)16-13-6-5-10(19-3)7-12(13)15(11)20-8-14(17)18/h5-7H,4,8H2,1-3H3,(H,17,18)/p-1. The van der Waals surface area contributed by atoms with E-state index in [-0.39, 0.29) is 5.75 Å². The molecule has 2 aromatic rings. The molecule has 0 bridgehead atoms. The quantitative estimate of drug-likeness (QED) is 0.788. The minimum Gasteiger partial charge on any atom is -0.549 e. The third-order valence-electron chi connectivity index (χ3n) is 3.14. The maximum absolute atomic E-state index is 10.7. The molecule has 106 valence electrons. The maximum atomic E-state index is 10.7. The van der Waals surface area contributed by atoms with E-state index in [0.29, 0.717) is 0 Å². The van der Waals surface area contributed by atoms with E-state index in [0.717, 1.165) is 39.2 Å². The Morgan fingerprint density at radius 3 is 2.80 bits per heavy atom. The number of fused-ring (bicyclic) bond motifs is 1. The molecule has 0 fully saturated rings. The number of carboxylic acid groups (broad SMARTS) is 1. The molecule has 4 nitrogen and oxygen atoms in total. The van der Waals surface area contributed by atoms with E-state index in [9.17, 15) is 9.90 Å². The van der Waals surface area contributed by atoms with Crippen LogP contribution in [-0.2, 0) is 11.2 Å². The van der Waals surface area contributed by atoms with Gasteiger partial charge in [0.2, 0.25) is 0 Å². The van der Waals surface area contributed by atoms with Gasteiger partial charge in [0, 0.05) is 21.7 Å². The topological polar surface area (TPSA) is 62.2 Å². The number of carboxylic acids is 1. The van der Waals surface area contributed by atoms with Crippen LogP contribution in [0, 0.1) is 6.92 Å². The van der Waals surface area contributed by atoms with Crippen molar-refractivity contribution in [1.82, 2.24) is 4.98 Å². The molecule has 1 aromatic carbocycles. The van der Waals surface area contributed by atoms with Gasteiger partial charge in [-0.15, -0.1) is 11.8 Å². The number of ether oxygens (including phenoxy) is 1. The van der Waals surface area contributed by atoms with Gasteiger partial charge in [0.1, 0.15) is 5.75 Å². The highest BCUT2D eigenvalue weighted by Gasteiger charge is 2.13. The number of nitrogens with zero attached hydrogens (tertiary/aromatic N) is 1. The Hall–Kier alpha value is -1.75. The van der Waals surface area contributed by atoms with Gasteiger partial charge in [-0.2, -0.15) is 0 Å². The van der Waals surface area contributed by atoms with Gasteiger partial charge in [-0.3, -0.25) is 4.98 Å². The number of benzene rings is 1. The Balaban J connectivity index is 2.65. The monoisotopic (exact) mass is 290 g/mol. The molecule has 1 heterocycles. The second-order valence-electron chi connectivity index (χ2n) is 4.40. The second kappa shape index (κ2) is 6.13. The number of hydrogen-bond acceptors (Lipinski definition) is 5. The van der Waals surface area contributed by atoms with Crippen molar-refractivity contribution in [3.8, 4) is 5.75 Å². The molecule has 0 saturated heterocycles. The van der Waals surface area contributed by atoms with Gasteiger partial charge < -0.3 is 14.6 Å². The summed E-state index contributed by atoms with van der Waals surface area (Å²) in [5.41, 5.74) is 2.87. The summed E-state index contributed by atoms with van der Waals surface area (Å²) in [6.45, 7) is 3.99. The van der Waals surface area contributed by atoms with Crippen LogP contribution in [-0.4, -0.2) is 23.8 Å². The number of rotatable bonds is 5. The van der Waals surface area contributed by atoms with E-state index in [1.54, 1.807) is 7.11 Å². The molecule has 20 heavy (non-hydrogen) atoms. The van der Waals surface area contributed by atoms with Crippen molar-refractivity contribution in [2.75, 3.05) is 12.9 Å². The molecule has 0 saturated carbocycles. The third kappa shape index (κ3) is 2.88. The van der Waals surface area contributed by atoms with Crippen LogP contribution in [0.5, 0.6) is 5.75 Å². The molecule has 0 atom stereocenters. The van der Waals surface area contributed by atoms with Crippen LogP contribution in [0.4, 0.5) is 0 Å². The summed E-state index contributed by atoms with van der Waals surface area (Å²) < 4.78 is 5.24. The van der Waals surface area contributed by atoms with Crippen molar-refractivity contribution in [1.29, 1.82) is 0 Å². The van der Waals surface area contributed by atoms with Gasteiger partial charge in [-0.1, -0.05) is 6.92 Å². The number of hydrogen-bond donors (Lipinski definition) is 0. The summed E-state index contributed by atoms with van der Waals surface area (Å²) in [4.78, 5) is 16.3. The lowest BCUT2D eigenvalue weighted by Gasteiger charge is -2.15. The van der Waals surface area contributed by atoms with E-state index in [1.165, 1.54) is 11.8 Å². The van der Waals surface area contributed by atoms with Crippen LogP contribution in [0.1, 0.15) is 18.2 Å². The van der Waals surface area contributed by atoms with E-state index in [2.05, 4.69) is 4.98 Å². The highest BCUT2D eigenvalue weighted by Crippen LogP contribution is 2.34. The SMILES string of the molecule is CCc1c(C)nc2ccc(OC)cc2c1SCC(=O)[O-]. The van der Waals surface area contributed by atoms with Crippen molar-refractivity contribution in [2.45, 2.75) is 25.2 Å². The number of aromatic nitrogens is 1. The van der Waals surface area contributed by atoms with Crippen LogP contribution >= 0.6 is 11.8 Å². The largest absolute Gasteiger partial charge is 0.549 e. The van der Waals surface area contributed by atoms with E-state index < -0.39 is 5.97 Å². The number of methoxy groups -OCH3 is 1. The number of carbonyl (C=O) groups is 1. The lowest BCUT2D eigenvalue weighted by Crippen LogP contribution is -2.24. The summed E-state index contributed by atoms with van der Waals surface area (Å²) in [6.07, 6.45) is 0.807. The Morgan fingerprint density at radius 1 is 1.45 bits per heavy atom. The first-order valence-corrected chi connectivity index (χ1v) is 7.35. The van der Waals surface area contributed by atoms with Gasteiger partial charge >= 0.3 is 0 Å². The Labute approximate surface area is 122 Å². The average molecular weight is 290 g/mol. The normalized spacial score (nSPS) is 10.8. The zero-order valence-corrected chi connectivity index (χ0v) is 12.5. The fourth-order valence-corrected chi connectivity index (χ4v) is 3.26. The van der Waals surface area contributed by atoms with Crippen LogP contribution in [0.25, 0.3) is 10.9 Å². The van der Waals surface area contributed by atoms with Crippen molar-refractivity contribution in [3.05, 3.63) is 29.5 Å². The number of carbonyl (C=O) groups excluding carboxylic acids is 1. The molecular weight excluding hydrogens is 274 g/mol. The summed E-state index contributed by atoms with van der Waals surface area (Å²) in [7, 11) is 1.61. The number of aryl methyl sites for hydroxylation is 1. The molecule has 5 heteroatoms. The maximum Gasteiger partial charge on any atom is 0.119 e. The molecule has 1 aromatic heterocycles. The van der Waals surface area contributed by atoms with Gasteiger partial charge in [0.25, 0.3) is 0 Å². The number of thioether (sulfide) groups is 1. The predicted molar refractivity (Wildman–Crippen MR) is 78.1 cm³/mol. The second-order valence-corrected chi connectivity index (χ2v) is 5.39. The van der Waals surface area contributed by atoms with Crippen molar-refractivity contribution in [3.63, 3.8) is 0 Å². The molecule has 0 radical (unpaired) electrons. The Kier molecular flexibility index (Phi) is 4.49. The molecular formula is C15H16NO3S-. The molecule has 0 N–H and O–H groups in total. The predicted octanol–water partition coefficient (Wildman–Crippen LogP) is 1.96. The van der Waals surface area contributed by atoms with Crippen molar-refractivity contribution >= 4 is 28.6 Å². The van der Waals surface area contributed by atoms with Crippen molar-refractivity contribution < 1.29 is 14.6 Å². The lowest BCUT2D eigenvalue weighted by atomic mass is 10.1. The number of pyridine rings is 1. The molecule has 0 aliphatic heterocycles. The first-order valence-electron chi connectivity index (χ1n) is 6.36. The zero-order chi connectivity index (χ0) is 14.7. The minimum atomic E-state index is -1.07. The minimum absolute atomic E-state index is 0.0667. The van der Waals surface area contributed by atoms with Crippen LogP contribution in [0.3, 0.4) is 0 Å². The fourth-order valence-electron chi connectivity index (χ4n) is 2.21. The van der Waals surface area contributed by atoms with Crippen LogP contribution in [0.15, 0.2) is 23.1 Å². The number of aliphatic carboxylic acids is 1. The fraction of sp³-hybridized carbons (Fsp3) is 0.333. The summed E-state index contributed by atoms with van der Waals surface area (Å²) in [6, 6.07) is 5.65. The van der Waals surface area contributed by atoms with Crippen molar-refractivity contribution in [2.24, 2.45) is 0 Å². The zero-order valence-electron chi connectivity index (χ0n) is 11.7. The van der Waals surface area contributed by atoms with E-state index >= 15 is 0 Å². The van der Waals surface area contributed by atoms with E-state index in [4.69, 9.17) is 4.74 Å². The Bertz CT molecular complexity index is 655. The molecule has 2 rings (SSSR count). The summed E-state index contributed by atoms with van der Waals surface area (Å²) in [5.74, 6) is -0.397. The van der Waals surface area contributed by atoms with Gasteiger partial charge in [0.05, 0.1) is 18.6 Å². The van der Waals surface area contributed by atoms with Gasteiger partial charge in [-0.25, -0.2) is 0 Å². The smallest absolute Gasteiger partial charge is 0.119 e.